The maximum Gasteiger partial charge on any atom is 0.303 e. The summed E-state index contributed by atoms with van der Waals surface area (Å²) in [4.78, 5) is 18.8. The molecule has 1 aliphatic rings. The monoisotopic (exact) mass is 540 g/mol. The second kappa shape index (κ2) is 13.9. The summed E-state index contributed by atoms with van der Waals surface area (Å²) < 4.78 is 19.2. The Bertz CT molecular complexity index is 1210. The van der Waals surface area contributed by atoms with Crippen LogP contribution in [0.1, 0.15) is 50.2 Å². The molecule has 1 aromatic heterocycles. The average Bonchev–Trinajstić information content (AvgIpc) is 2.93. The third kappa shape index (κ3) is 7.68. The Morgan fingerprint density at radius 2 is 2.05 bits per heavy atom. The van der Waals surface area contributed by atoms with Crippen LogP contribution in [-0.4, -0.2) is 58.6 Å². The van der Waals surface area contributed by atoms with E-state index in [1.54, 1.807) is 31.1 Å². The summed E-state index contributed by atoms with van der Waals surface area (Å²) in [5.74, 6) is 1.29. The van der Waals surface area contributed by atoms with Crippen LogP contribution in [0.3, 0.4) is 0 Å². The molecule has 0 radical (unpaired) electrons. The number of hydrogen-bond donors (Lipinski definition) is 2. The van der Waals surface area contributed by atoms with Gasteiger partial charge in [-0.3, -0.25) is 9.78 Å². The van der Waals surface area contributed by atoms with Crippen molar-refractivity contribution >= 4 is 28.6 Å². The normalized spacial score (nSPS) is 18.9. The molecule has 4 rings (SSSR count). The second-order valence-electron chi connectivity index (χ2n) is 10.1. The number of thioether (sulfide) groups is 1. The lowest BCUT2D eigenvalue weighted by molar-refractivity contribution is -0.137. The number of rotatable bonds is 13. The fourth-order valence-corrected chi connectivity index (χ4v) is 6.37. The standard InChI is InChI=1S/C30H37FN2O4S/c1-37-23-9-10-27-25(19-23)24(13-15-32-27)28(34)11-7-21-14-17-33(20-22(21)8-12-30(35)36)16-4-18-38-29-6-3-2-5-26(29)31/h2-3,5-6,9-10,13,15,19,21-22,28,34H,4,7-8,11-12,14,16-18,20H2,1H3,(H,35,36)/t21-,22+,28?/m1/s1. The van der Waals surface area contributed by atoms with Crippen LogP contribution in [-0.2, 0) is 4.79 Å². The van der Waals surface area contributed by atoms with Crippen LogP contribution < -0.4 is 4.74 Å². The van der Waals surface area contributed by atoms with Gasteiger partial charge >= 0.3 is 5.97 Å². The van der Waals surface area contributed by atoms with Crippen molar-refractivity contribution in [3.8, 4) is 5.75 Å². The number of carbonyl (C=O) groups is 1. The molecule has 2 aromatic carbocycles. The predicted molar refractivity (Wildman–Crippen MR) is 149 cm³/mol. The number of hydrogen-bond acceptors (Lipinski definition) is 6. The SMILES string of the molecule is COc1ccc2nccc(C(O)CC[C@@H]3CCN(CCCSc4ccccc4F)C[C@@H]3CCC(=O)O)c2c1. The zero-order valence-corrected chi connectivity index (χ0v) is 22.7. The van der Waals surface area contributed by atoms with Gasteiger partial charge in [0.2, 0.25) is 0 Å². The number of likely N-dealkylation sites (tertiary alicyclic amines) is 1. The molecule has 2 heterocycles. The largest absolute Gasteiger partial charge is 0.497 e. The molecule has 204 valence electrons. The lowest BCUT2D eigenvalue weighted by Gasteiger charge is -2.39. The van der Waals surface area contributed by atoms with E-state index in [2.05, 4.69) is 9.88 Å². The number of pyridine rings is 1. The van der Waals surface area contributed by atoms with Crippen LogP contribution in [0.4, 0.5) is 4.39 Å². The number of aromatic nitrogens is 1. The number of benzene rings is 2. The Morgan fingerprint density at radius 3 is 2.84 bits per heavy atom. The third-order valence-electron chi connectivity index (χ3n) is 7.57. The molecule has 8 heteroatoms. The van der Waals surface area contributed by atoms with Gasteiger partial charge in [-0.15, -0.1) is 11.8 Å². The molecule has 0 amide bonds. The zero-order chi connectivity index (χ0) is 26.9. The summed E-state index contributed by atoms with van der Waals surface area (Å²) in [6.07, 6.45) is 5.31. The van der Waals surface area contributed by atoms with Crippen LogP contribution in [0.15, 0.2) is 59.6 Å². The molecule has 38 heavy (non-hydrogen) atoms. The van der Waals surface area contributed by atoms with E-state index in [0.717, 1.165) is 66.9 Å². The maximum absolute atomic E-state index is 13.9. The number of carboxylic acid groups (broad SMARTS) is 1. The van der Waals surface area contributed by atoms with Gasteiger partial charge in [-0.05, 0) is 105 Å². The Morgan fingerprint density at radius 1 is 1.21 bits per heavy atom. The number of methoxy groups -OCH3 is 1. The van der Waals surface area contributed by atoms with Crippen molar-refractivity contribution in [2.24, 2.45) is 11.8 Å². The van der Waals surface area contributed by atoms with Crippen molar-refractivity contribution < 1.29 is 24.1 Å². The molecule has 0 aliphatic carbocycles. The highest BCUT2D eigenvalue weighted by Gasteiger charge is 2.30. The van der Waals surface area contributed by atoms with E-state index >= 15 is 0 Å². The molecule has 0 bridgehead atoms. The van der Waals surface area contributed by atoms with Gasteiger partial charge in [0.15, 0.2) is 0 Å². The second-order valence-corrected chi connectivity index (χ2v) is 11.2. The minimum Gasteiger partial charge on any atom is -0.497 e. The molecule has 6 nitrogen and oxygen atoms in total. The highest BCUT2D eigenvalue weighted by molar-refractivity contribution is 7.99. The fourth-order valence-electron chi connectivity index (χ4n) is 5.50. The molecular weight excluding hydrogens is 503 g/mol. The van der Waals surface area contributed by atoms with Gasteiger partial charge in [-0.2, -0.15) is 0 Å². The lowest BCUT2D eigenvalue weighted by atomic mass is 9.79. The summed E-state index contributed by atoms with van der Waals surface area (Å²) in [5.41, 5.74) is 1.67. The number of fused-ring (bicyclic) bond motifs is 1. The molecule has 1 aliphatic heterocycles. The smallest absolute Gasteiger partial charge is 0.303 e. The first kappa shape index (κ1) is 28.3. The van der Waals surface area contributed by atoms with Gasteiger partial charge in [0.05, 0.1) is 18.7 Å². The van der Waals surface area contributed by atoms with Crippen LogP contribution in [0.25, 0.3) is 10.9 Å². The summed E-state index contributed by atoms with van der Waals surface area (Å²) in [5, 5.41) is 21.3. The molecule has 3 aromatic rings. The first-order chi connectivity index (χ1) is 18.4. The van der Waals surface area contributed by atoms with E-state index in [1.165, 1.54) is 6.07 Å². The molecule has 1 saturated heterocycles. The van der Waals surface area contributed by atoms with Gasteiger partial charge in [0, 0.05) is 29.4 Å². The zero-order valence-electron chi connectivity index (χ0n) is 21.9. The van der Waals surface area contributed by atoms with Crippen LogP contribution in [0.5, 0.6) is 5.75 Å². The van der Waals surface area contributed by atoms with Crippen molar-refractivity contribution in [3.05, 3.63) is 66.1 Å². The Kier molecular flexibility index (Phi) is 10.4. The van der Waals surface area contributed by atoms with Gasteiger partial charge < -0.3 is 19.8 Å². The number of carboxylic acids is 1. The third-order valence-corrected chi connectivity index (χ3v) is 8.70. The number of aliphatic hydroxyl groups is 1. The van der Waals surface area contributed by atoms with E-state index in [-0.39, 0.29) is 18.2 Å². The number of aliphatic hydroxyl groups excluding tert-OH is 1. The number of aliphatic carboxylic acids is 1. The van der Waals surface area contributed by atoms with E-state index in [1.807, 2.05) is 36.4 Å². The lowest BCUT2D eigenvalue weighted by Crippen LogP contribution is -2.41. The van der Waals surface area contributed by atoms with E-state index < -0.39 is 12.1 Å². The molecule has 1 fully saturated rings. The molecular formula is C30H37FN2O4S. The molecule has 1 unspecified atom stereocenters. The van der Waals surface area contributed by atoms with Crippen molar-refractivity contribution in [1.29, 1.82) is 0 Å². The van der Waals surface area contributed by atoms with Crippen LogP contribution in [0, 0.1) is 17.7 Å². The summed E-state index contributed by atoms with van der Waals surface area (Å²) in [6, 6.07) is 14.4. The molecule has 0 saturated carbocycles. The van der Waals surface area contributed by atoms with E-state index in [4.69, 9.17) is 4.74 Å². The highest BCUT2D eigenvalue weighted by Crippen LogP contribution is 2.35. The summed E-state index contributed by atoms with van der Waals surface area (Å²) >= 11 is 1.54. The van der Waals surface area contributed by atoms with Gasteiger partial charge in [0.1, 0.15) is 11.6 Å². The number of nitrogens with zero attached hydrogens (tertiary/aromatic N) is 2. The minimum atomic E-state index is -0.764. The van der Waals surface area contributed by atoms with Gasteiger partial charge in [-0.1, -0.05) is 12.1 Å². The van der Waals surface area contributed by atoms with Crippen LogP contribution >= 0.6 is 11.8 Å². The van der Waals surface area contributed by atoms with Crippen molar-refractivity contribution in [2.45, 2.75) is 49.5 Å². The minimum absolute atomic E-state index is 0.162. The number of halogens is 1. The Hall–Kier alpha value is -2.68. The fraction of sp³-hybridized carbons (Fsp3) is 0.467. The van der Waals surface area contributed by atoms with Crippen molar-refractivity contribution in [2.75, 3.05) is 32.5 Å². The maximum atomic E-state index is 13.9. The predicted octanol–water partition coefficient (Wildman–Crippen LogP) is 6.18. The molecule has 2 N–H and O–H groups in total. The highest BCUT2D eigenvalue weighted by atomic mass is 32.2. The topological polar surface area (TPSA) is 82.9 Å². The molecule has 0 spiro atoms. The van der Waals surface area contributed by atoms with Crippen LogP contribution in [0.2, 0.25) is 0 Å². The van der Waals surface area contributed by atoms with E-state index in [0.29, 0.717) is 23.7 Å². The first-order valence-corrected chi connectivity index (χ1v) is 14.4. The summed E-state index contributed by atoms with van der Waals surface area (Å²) in [6.45, 7) is 2.75. The van der Waals surface area contributed by atoms with Crippen molar-refractivity contribution in [3.63, 3.8) is 0 Å². The van der Waals surface area contributed by atoms with Gasteiger partial charge in [0.25, 0.3) is 0 Å². The number of ether oxygens (including phenoxy) is 1. The quantitative estimate of drug-likeness (QED) is 0.198. The van der Waals surface area contributed by atoms with Gasteiger partial charge in [-0.25, -0.2) is 4.39 Å². The molecule has 3 atom stereocenters. The van der Waals surface area contributed by atoms with Crippen molar-refractivity contribution in [1.82, 2.24) is 9.88 Å². The number of piperidine rings is 1. The first-order valence-electron chi connectivity index (χ1n) is 13.4. The van der Waals surface area contributed by atoms with E-state index in [9.17, 15) is 19.4 Å². The average molecular weight is 541 g/mol. The summed E-state index contributed by atoms with van der Waals surface area (Å²) in [7, 11) is 1.62. The Labute approximate surface area is 228 Å². The Balaban J connectivity index is 1.32.